The summed E-state index contributed by atoms with van der Waals surface area (Å²) < 4.78 is 10.4. The van der Waals surface area contributed by atoms with Gasteiger partial charge in [0, 0.05) is 6.42 Å². The average molecular weight is 371 g/mol. The summed E-state index contributed by atoms with van der Waals surface area (Å²) in [6.07, 6.45) is -0.606. The Bertz CT molecular complexity index is 810. The minimum atomic E-state index is -1.12. The smallest absolute Gasteiger partial charge is 0.408 e. The average Bonchev–Trinajstić information content (AvgIpc) is 2.60. The molecule has 2 aromatic rings. The number of aliphatic carboxylic acids is 1. The highest BCUT2D eigenvalue weighted by Crippen LogP contribution is 2.25. The van der Waals surface area contributed by atoms with E-state index in [0.29, 0.717) is 0 Å². The van der Waals surface area contributed by atoms with Crippen LogP contribution < -0.4 is 10.1 Å². The normalized spacial score (nSPS) is 12.1. The lowest BCUT2D eigenvalue weighted by Gasteiger charge is -2.22. The molecule has 2 rings (SSSR count). The number of rotatable bonds is 6. The van der Waals surface area contributed by atoms with E-state index in [0.717, 1.165) is 22.4 Å². The van der Waals surface area contributed by atoms with E-state index in [1.54, 1.807) is 27.9 Å². The zero-order valence-electron chi connectivity index (χ0n) is 16.0. The molecule has 0 heterocycles. The molecule has 0 saturated heterocycles. The van der Waals surface area contributed by atoms with Gasteiger partial charge in [0.1, 0.15) is 17.4 Å². The monoisotopic (exact) mass is 371 g/mol. The van der Waals surface area contributed by atoms with E-state index in [9.17, 15) is 14.7 Å². The zero-order valence-corrected chi connectivity index (χ0v) is 16.0. The third-order valence-electron chi connectivity index (χ3n) is 3.76. The third kappa shape index (κ3) is 6.33. The van der Waals surface area contributed by atoms with E-state index < -0.39 is 23.7 Å². The molecule has 0 aromatic heterocycles. The predicted molar refractivity (Wildman–Crippen MR) is 103 cm³/mol. The lowest BCUT2D eigenvalue weighted by Crippen LogP contribution is -2.44. The van der Waals surface area contributed by atoms with E-state index in [4.69, 9.17) is 9.47 Å². The number of nitrogens with one attached hydrogen (secondary N) is 1. The minimum absolute atomic E-state index is 0.145. The number of ether oxygens (including phenoxy) is 2. The van der Waals surface area contributed by atoms with Gasteiger partial charge in [0.05, 0.1) is 7.11 Å². The van der Waals surface area contributed by atoms with Crippen LogP contribution in [0.5, 0.6) is 5.75 Å². The number of benzene rings is 2. The molecule has 0 fully saturated rings. The lowest BCUT2D eigenvalue weighted by molar-refractivity contribution is -0.139. The Morgan fingerprint density at radius 2 is 1.70 bits per heavy atom. The number of alkyl carbamates (subject to hydrolysis) is 1. The first kappa shape index (κ1) is 20.3. The first-order valence-electron chi connectivity index (χ1n) is 8.63. The molecule has 6 heteroatoms. The van der Waals surface area contributed by atoms with E-state index in [1.807, 2.05) is 48.5 Å². The van der Waals surface area contributed by atoms with Crippen LogP contribution in [0.1, 0.15) is 26.3 Å². The molecule has 0 saturated carbocycles. The van der Waals surface area contributed by atoms with Crippen molar-refractivity contribution >= 4 is 12.1 Å². The Morgan fingerprint density at radius 3 is 2.30 bits per heavy atom. The summed E-state index contributed by atoms with van der Waals surface area (Å²) in [5.74, 6) is -0.374. The van der Waals surface area contributed by atoms with Crippen molar-refractivity contribution in [3.05, 3.63) is 54.1 Å². The summed E-state index contributed by atoms with van der Waals surface area (Å²) in [4.78, 5) is 23.5. The number of carboxylic acid groups (broad SMARTS) is 1. The van der Waals surface area contributed by atoms with Crippen LogP contribution in [0.2, 0.25) is 0 Å². The second kappa shape index (κ2) is 8.58. The first-order chi connectivity index (χ1) is 12.7. The molecule has 0 unspecified atom stereocenters. The highest BCUT2D eigenvalue weighted by atomic mass is 16.6. The van der Waals surface area contributed by atoms with E-state index >= 15 is 0 Å². The van der Waals surface area contributed by atoms with Crippen LogP contribution in [-0.4, -0.2) is 35.9 Å². The summed E-state index contributed by atoms with van der Waals surface area (Å²) in [5, 5.41) is 11.9. The minimum Gasteiger partial charge on any atom is -0.497 e. The largest absolute Gasteiger partial charge is 0.497 e. The standard InChI is InChI=1S/C21H25NO5/c1-21(2,3)27-20(25)22-18(19(23)24)12-14-7-5-8-15(11-14)16-9-6-10-17(13-16)26-4/h5-11,13,18H,12H2,1-4H3,(H,22,25)(H,23,24)/t18-/m0/s1. The van der Waals surface area contributed by atoms with Gasteiger partial charge in [-0.25, -0.2) is 9.59 Å². The van der Waals surface area contributed by atoms with Gasteiger partial charge in [0.15, 0.2) is 0 Å². The fraction of sp³-hybridized carbons (Fsp3) is 0.333. The van der Waals surface area contributed by atoms with Gasteiger partial charge in [0.25, 0.3) is 0 Å². The molecular formula is C21H25NO5. The molecule has 27 heavy (non-hydrogen) atoms. The summed E-state index contributed by atoms with van der Waals surface area (Å²) in [5.41, 5.74) is 1.99. The molecule has 0 aliphatic heterocycles. The van der Waals surface area contributed by atoms with Crippen LogP contribution in [0.4, 0.5) is 4.79 Å². The van der Waals surface area contributed by atoms with Crippen LogP contribution in [0, 0.1) is 0 Å². The second-order valence-electron chi connectivity index (χ2n) is 7.17. The van der Waals surface area contributed by atoms with Crippen molar-refractivity contribution in [2.45, 2.75) is 38.8 Å². The van der Waals surface area contributed by atoms with Crippen molar-refractivity contribution < 1.29 is 24.2 Å². The maximum absolute atomic E-state index is 11.9. The Balaban J connectivity index is 2.16. The highest BCUT2D eigenvalue weighted by Gasteiger charge is 2.24. The predicted octanol–water partition coefficient (Wildman–Crippen LogP) is 3.88. The van der Waals surface area contributed by atoms with Crippen molar-refractivity contribution in [2.75, 3.05) is 7.11 Å². The summed E-state index contributed by atoms with van der Waals surface area (Å²) >= 11 is 0. The van der Waals surface area contributed by atoms with Crippen LogP contribution in [-0.2, 0) is 16.0 Å². The van der Waals surface area contributed by atoms with Crippen LogP contribution >= 0.6 is 0 Å². The number of carbonyl (C=O) groups is 2. The van der Waals surface area contributed by atoms with Crippen molar-refractivity contribution in [2.24, 2.45) is 0 Å². The van der Waals surface area contributed by atoms with Crippen molar-refractivity contribution in [3.63, 3.8) is 0 Å². The number of carboxylic acids is 1. The Hall–Kier alpha value is -3.02. The molecule has 2 N–H and O–H groups in total. The second-order valence-corrected chi connectivity index (χ2v) is 7.17. The Kier molecular flexibility index (Phi) is 6.45. The molecule has 1 amide bonds. The zero-order chi connectivity index (χ0) is 20.0. The van der Waals surface area contributed by atoms with E-state index in [1.165, 1.54) is 0 Å². The van der Waals surface area contributed by atoms with Crippen LogP contribution in [0.15, 0.2) is 48.5 Å². The molecule has 0 aliphatic carbocycles. The maximum Gasteiger partial charge on any atom is 0.408 e. The molecule has 0 spiro atoms. The summed E-state index contributed by atoms with van der Waals surface area (Å²) in [7, 11) is 1.61. The van der Waals surface area contributed by atoms with Gasteiger partial charge in [-0.2, -0.15) is 0 Å². The molecule has 2 aromatic carbocycles. The molecule has 6 nitrogen and oxygen atoms in total. The van der Waals surface area contributed by atoms with Crippen molar-refractivity contribution in [3.8, 4) is 16.9 Å². The highest BCUT2D eigenvalue weighted by molar-refractivity contribution is 5.80. The Labute approximate surface area is 159 Å². The quantitative estimate of drug-likeness (QED) is 0.805. The summed E-state index contributed by atoms with van der Waals surface area (Å²) in [6.45, 7) is 5.17. The fourth-order valence-corrected chi connectivity index (χ4v) is 2.57. The van der Waals surface area contributed by atoms with Gasteiger partial charge in [0.2, 0.25) is 0 Å². The molecular weight excluding hydrogens is 346 g/mol. The molecule has 0 radical (unpaired) electrons. The number of hydrogen-bond acceptors (Lipinski definition) is 4. The summed E-state index contributed by atoms with van der Waals surface area (Å²) in [6, 6.07) is 14.1. The number of carbonyl (C=O) groups excluding carboxylic acids is 1. The van der Waals surface area contributed by atoms with Crippen LogP contribution in [0.3, 0.4) is 0 Å². The molecule has 0 aliphatic rings. The van der Waals surface area contributed by atoms with E-state index in [2.05, 4.69) is 5.32 Å². The molecule has 144 valence electrons. The van der Waals surface area contributed by atoms with Gasteiger partial charge in [-0.1, -0.05) is 36.4 Å². The SMILES string of the molecule is COc1cccc(-c2cccc(C[C@H](NC(=O)OC(C)(C)C)C(=O)O)c2)c1. The fourth-order valence-electron chi connectivity index (χ4n) is 2.57. The number of hydrogen-bond donors (Lipinski definition) is 2. The molecule has 1 atom stereocenters. The van der Waals surface area contributed by atoms with Crippen molar-refractivity contribution in [1.82, 2.24) is 5.32 Å². The van der Waals surface area contributed by atoms with Gasteiger partial charge in [-0.15, -0.1) is 0 Å². The number of methoxy groups -OCH3 is 1. The van der Waals surface area contributed by atoms with E-state index in [-0.39, 0.29) is 6.42 Å². The number of amides is 1. The topological polar surface area (TPSA) is 84.9 Å². The lowest BCUT2D eigenvalue weighted by atomic mass is 9.99. The van der Waals surface area contributed by atoms with Gasteiger partial charge >= 0.3 is 12.1 Å². The third-order valence-corrected chi connectivity index (χ3v) is 3.76. The Morgan fingerprint density at radius 1 is 1.07 bits per heavy atom. The van der Waals surface area contributed by atoms with Crippen molar-refractivity contribution in [1.29, 1.82) is 0 Å². The maximum atomic E-state index is 11.9. The van der Waals surface area contributed by atoms with Crippen LogP contribution in [0.25, 0.3) is 11.1 Å². The van der Waals surface area contributed by atoms with Gasteiger partial charge in [-0.05, 0) is 49.6 Å². The van der Waals surface area contributed by atoms with Gasteiger partial charge in [-0.3, -0.25) is 0 Å². The van der Waals surface area contributed by atoms with Gasteiger partial charge < -0.3 is 19.9 Å². The first-order valence-corrected chi connectivity index (χ1v) is 8.63. The molecule has 0 bridgehead atoms.